The van der Waals surface area contributed by atoms with Gasteiger partial charge in [-0.05, 0) is 12.5 Å². The Morgan fingerprint density at radius 3 is 2.88 bits per heavy atom. The SMILES string of the molecule is COCc1cc(=O)n(Cc2cccc(C)c2)[nH]1. The average Bonchev–Trinajstić information content (AvgIpc) is 2.60. The van der Waals surface area contributed by atoms with Crippen LogP contribution in [0.5, 0.6) is 0 Å². The normalized spacial score (nSPS) is 10.7. The lowest BCUT2D eigenvalue weighted by atomic mass is 10.1. The zero-order valence-electron chi connectivity index (χ0n) is 10.1. The van der Waals surface area contributed by atoms with Crippen LogP contribution < -0.4 is 5.56 Å². The lowest BCUT2D eigenvalue weighted by molar-refractivity contribution is 0.181. The predicted octanol–water partition coefficient (Wildman–Crippen LogP) is 1.68. The highest BCUT2D eigenvalue weighted by molar-refractivity contribution is 5.22. The molecule has 0 spiro atoms. The molecule has 17 heavy (non-hydrogen) atoms. The van der Waals surface area contributed by atoms with Gasteiger partial charge in [0.1, 0.15) is 0 Å². The van der Waals surface area contributed by atoms with Crippen LogP contribution in [0.1, 0.15) is 16.8 Å². The number of methoxy groups -OCH3 is 1. The molecule has 0 unspecified atom stereocenters. The third-order valence-corrected chi connectivity index (χ3v) is 2.57. The van der Waals surface area contributed by atoms with Crippen molar-refractivity contribution < 1.29 is 4.74 Å². The van der Waals surface area contributed by atoms with E-state index in [2.05, 4.69) is 11.2 Å². The Bertz CT molecular complexity index is 555. The largest absolute Gasteiger partial charge is 0.378 e. The predicted molar refractivity (Wildman–Crippen MR) is 66.0 cm³/mol. The van der Waals surface area contributed by atoms with Crippen LogP contribution in [0.2, 0.25) is 0 Å². The summed E-state index contributed by atoms with van der Waals surface area (Å²) in [6.45, 7) is 3.03. The lowest BCUT2D eigenvalue weighted by Crippen LogP contribution is -2.16. The first-order valence-electron chi connectivity index (χ1n) is 5.52. The molecular weight excluding hydrogens is 216 g/mol. The second kappa shape index (κ2) is 5.01. The van der Waals surface area contributed by atoms with Gasteiger partial charge in [-0.1, -0.05) is 29.8 Å². The van der Waals surface area contributed by atoms with Gasteiger partial charge in [-0.15, -0.1) is 0 Å². The number of rotatable bonds is 4. The molecule has 0 aliphatic carbocycles. The summed E-state index contributed by atoms with van der Waals surface area (Å²) in [5.74, 6) is 0. The average molecular weight is 232 g/mol. The highest BCUT2D eigenvalue weighted by Crippen LogP contribution is 2.05. The molecule has 1 aromatic heterocycles. The number of hydrogen-bond acceptors (Lipinski definition) is 2. The molecule has 0 atom stereocenters. The molecule has 0 aliphatic heterocycles. The Morgan fingerprint density at radius 2 is 2.18 bits per heavy atom. The summed E-state index contributed by atoms with van der Waals surface area (Å²) in [4.78, 5) is 11.7. The summed E-state index contributed by atoms with van der Waals surface area (Å²) in [6.07, 6.45) is 0. The number of nitrogens with one attached hydrogen (secondary N) is 1. The van der Waals surface area contributed by atoms with Gasteiger partial charge in [0.05, 0.1) is 18.8 Å². The molecule has 1 aromatic carbocycles. The van der Waals surface area contributed by atoms with E-state index in [1.807, 2.05) is 25.1 Å². The number of hydrogen-bond donors (Lipinski definition) is 1. The number of aryl methyl sites for hydroxylation is 1. The monoisotopic (exact) mass is 232 g/mol. The van der Waals surface area contributed by atoms with Gasteiger partial charge in [0.15, 0.2) is 0 Å². The maximum Gasteiger partial charge on any atom is 0.267 e. The van der Waals surface area contributed by atoms with Crippen LogP contribution in [0.4, 0.5) is 0 Å². The second-order valence-corrected chi connectivity index (χ2v) is 4.13. The number of ether oxygens (including phenoxy) is 1. The summed E-state index contributed by atoms with van der Waals surface area (Å²) in [5, 5.41) is 3.03. The van der Waals surface area contributed by atoms with Crippen LogP contribution in [-0.4, -0.2) is 16.9 Å². The summed E-state index contributed by atoms with van der Waals surface area (Å²) < 4.78 is 6.57. The third-order valence-electron chi connectivity index (χ3n) is 2.57. The van der Waals surface area contributed by atoms with Crippen LogP contribution in [0.3, 0.4) is 0 Å². The molecule has 90 valence electrons. The molecule has 4 nitrogen and oxygen atoms in total. The second-order valence-electron chi connectivity index (χ2n) is 4.13. The van der Waals surface area contributed by atoms with Crippen molar-refractivity contribution in [2.75, 3.05) is 7.11 Å². The third kappa shape index (κ3) is 2.85. The topological polar surface area (TPSA) is 47.0 Å². The van der Waals surface area contributed by atoms with Gasteiger partial charge in [-0.25, -0.2) is 4.68 Å². The smallest absolute Gasteiger partial charge is 0.267 e. The van der Waals surface area contributed by atoms with E-state index in [-0.39, 0.29) is 5.56 Å². The minimum atomic E-state index is -0.0291. The zero-order chi connectivity index (χ0) is 12.3. The number of H-pyrrole nitrogens is 1. The van der Waals surface area contributed by atoms with Crippen molar-refractivity contribution in [1.29, 1.82) is 0 Å². The van der Waals surface area contributed by atoms with Crippen LogP contribution in [0.15, 0.2) is 35.1 Å². The molecular formula is C13H16N2O2. The summed E-state index contributed by atoms with van der Waals surface area (Å²) >= 11 is 0. The maximum absolute atomic E-state index is 11.7. The van der Waals surface area contributed by atoms with Gasteiger partial charge >= 0.3 is 0 Å². The minimum Gasteiger partial charge on any atom is -0.378 e. The molecule has 1 N–H and O–H groups in total. The molecule has 0 bridgehead atoms. The Morgan fingerprint density at radius 1 is 1.35 bits per heavy atom. The molecule has 2 aromatic rings. The zero-order valence-corrected chi connectivity index (χ0v) is 10.1. The number of aromatic nitrogens is 2. The van der Waals surface area contributed by atoms with E-state index in [0.29, 0.717) is 13.2 Å². The molecule has 0 amide bonds. The van der Waals surface area contributed by atoms with E-state index in [1.54, 1.807) is 17.9 Å². The molecule has 0 aliphatic rings. The first-order valence-corrected chi connectivity index (χ1v) is 5.52. The van der Waals surface area contributed by atoms with Crippen molar-refractivity contribution in [1.82, 2.24) is 9.78 Å². The van der Waals surface area contributed by atoms with Crippen LogP contribution >= 0.6 is 0 Å². The van der Waals surface area contributed by atoms with Gasteiger partial charge < -0.3 is 4.74 Å². The molecule has 0 saturated heterocycles. The fraction of sp³-hybridized carbons (Fsp3) is 0.308. The molecule has 0 fully saturated rings. The standard InChI is InChI=1S/C13H16N2O2/c1-10-4-3-5-11(6-10)8-15-13(16)7-12(14-15)9-17-2/h3-7,14H,8-9H2,1-2H3. The minimum absolute atomic E-state index is 0.0291. The Hall–Kier alpha value is -1.81. The maximum atomic E-state index is 11.7. The van der Waals surface area contributed by atoms with Crippen molar-refractivity contribution in [2.24, 2.45) is 0 Å². The van der Waals surface area contributed by atoms with Crippen molar-refractivity contribution in [3.05, 3.63) is 57.5 Å². The summed E-state index contributed by atoms with van der Waals surface area (Å²) in [5.41, 5.74) is 3.07. The van der Waals surface area contributed by atoms with Crippen LogP contribution in [0.25, 0.3) is 0 Å². The fourth-order valence-electron chi connectivity index (χ4n) is 1.83. The molecule has 4 heteroatoms. The lowest BCUT2D eigenvalue weighted by Gasteiger charge is -2.03. The number of benzene rings is 1. The van der Waals surface area contributed by atoms with Crippen LogP contribution in [0, 0.1) is 6.92 Å². The first-order chi connectivity index (χ1) is 8.19. The van der Waals surface area contributed by atoms with Gasteiger partial charge in [-0.2, -0.15) is 0 Å². The molecule has 0 radical (unpaired) electrons. The Kier molecular flexibility index (Phi) is 3.44. The fourth-order valence-corrected chi connectivity index (χ4v) is 1.83. The van der Waals surface area contributed by atoms with Crippen molar-refractivity contribution in [2.45, 2.75) is 20.1 Å². The molecule has 1 heterocycles. The first kappa shape index (κ1) is 11.7. The van der Waals surface area contributed by atoms with E-state index in [4.69, 9.17) is 4.74 Å². The van der Waals surface area contributed by atoms with Gasteiger partial charge in [0, 0.05) is 13.2 Å². The van der Waals surface area contributed by atoms with E-state index >= 15 is 0 Å². The summed E-state index contributed by atoms with van der Waals surface area (Å²) in [7, 11) is 1.61. The van der Waals surface area contributed by atoms with Crippen LogP contribution in [-0.2, 0) is 17.9 Å². The Balaban J connectivity index is 2.21. The molecule has 2 rings (SSSR count). The number of aromatic amines is 1. The van der Waals surface area contributed by atoms with E-state index < -0.39 is 0 Å². The van der Waals surface area contributed by atoms with Gasteiger partial charge in [0.25, 0.3) is 5.56 Å². The van der Waals surface area contributed by atoms with E-state index in [1.165, 1.54) is 5.56 Å². The quantitative estimate of drug-likeness (QED) is 0.871. The highest BCUT2D eigenvalue weighted by atomic mass is 16.5. The number of nitrogens with zero attached hydrogens (tertiary/aromatic N) is 1. The molecule has 0 saturated carbocycles. The van der Waals surface area contributed by atoms with Crippen molar-refractivity contribution >= 4 is 0 Å². The van der Waals surface area contributed by atoms with Gasteiger partial charge in [-0.3, -0.25) is 9.89 Å². The van der Waals surface area contributed by atoms with Gasteiger partial charge in [0.2, 0.25) is 0 Å². The van der Waals surface area contributed by atoms with Crippen molar-refractivity contribution in [3.8, 4) is 0 Å². The van der Waals surface area contributed by atoms with E-state index in [0.717, 1.165) is 11.3 Å². The highest BCUT2D eigenvalue weighted by Gasteiger charge is 2.03. The van der Waals surface area contributed by atoms with E-state index in [9.17, 15) is 4.79 Å². The Labute approximate surface area is 99.8 Å². The summed E-state index contributed by atoms with van der Waals surface area (Å²) in [6, 6.07) is 9.69. The van der Waals surface area contributed by atoms with Crippen molar-refractivity contribution in [3.63, 3.8) is 0 Å².